The van der Waals surface area contributed by atoms with E-state index in [2.05, 4.69) is 87.5 Å². The molecule has 0 amide bonds. The van der Waals surface area contributed by atoms with Crippen LogP contribution in [0.2, 0.25) is 5.04 Å². The number of hydrogen-bond donors (Lipinski definition) is 0. The Bertz CT molecular complexity index is 950. The maximum Gasteiger partial charge on any atom is 0.261 e. The van der Waals surface area contributed by atoms with Crippen molar-refractivity contribution in [3.05, 3.63) is 96.1 Å². The first-order valence-corrected chi connectivity index (χ1v) is 12.3. The fourth-order valence-corrected chi connectivity index (χ4v) is 9.30. The van der Waals surface area contributed by atoms with Crippen LogP contribution in [0.1, 0.15) is 55.6 Å². The van der Waals surface area contributed by atoms with E-state index < -0.39 is 8.32 Å². The molecule has 3 aromatic carbocycles. The van der Waals surface area contributed by atoms with Gasteiger partial charge in [0.15, 0.2) is 5.78 Å². The van der Waals surface area contributed by atoms with Crippen LogP contribution >= 0.6 is 0 Å². The van der Waals surface area contributed by atoms with E-state index in [0.717, 1.165) is 17.5 Å². The lowest BCUT2D eigenvalue weighted by Gasteiger charge is -2.46. The van der Waals surface area contributed by atoms with E-state index in [0.29, 0.717) is 6.42 Å². The van der Waals surface area contributed by atoms with Gasteiger partial charge in [-0.3, -0.25) is 4.79 Å². The number of hydrogen-bond acceptors (Lipinski definition) is 2. The third-order valence-corrected chi connectivity index (χ3v) is 11.0. The summed E-state index contributed by atoms with van der Waals surface area (Å²) >= 11 is 0. The van der Waals surface area contributed by atoms with Crippen molar-refractivity contribution in [2.24, 2.45) is 0 Å². The predicted molar refractivity (Wildman–Crippen MR) is 121 cm³/mol. The van der Waals surface area contributed by atoms with E-state index in [9.17, 15) is 4.79 Å². The fourth-order valence-electron chi connectivity index (χ4n) is 4.61. The zero-order valence-corrected chi connectivity index (χ0v) is 18.4. The second-order valence-electron chi connectivity index (χ2n) is 8.82. The van der Waals surface area contributed by atoms with Gasteiger partial charge in [0, 0.05) is 12.0 Å². The quantitative estimate of drug-likeness (QED) is 0.557. The number of Topliss-reactive ketones (excluding diaryl/α,β-unsaturated/α-hetero) is 1. The molecule has 2 nitrogen and oxygen atoms in total. The Morgan fingerprint density at radius 2 is 1.31 bits per heavy atom. The Hall–Kier alpha value is -2.49. The Labute approximate surface area is 174 Å². The van der Waals surface area contributed by atoms with Crippen LogP contribution in [0.3, 0.4) is 0 Å². The van der Waals surface area contributed by atoms with Crippen LogP contribution in [0.25, 0.3) is 0 Å². The summed E-state index contributed by atoms with van der Waals surface area (Å²) in [7, 11) is -2.64. The number of benzene rings is 3. The van der Waals surface area contributed by atoms with Crippen molar-refractivity contribution in [2.45, 2.75) is 44.8 Å². The lowest BCUT2D eigenvalue weighted by atomic mass is 9.89. The summed E-state index contributed by atoms with van der Waals surface area (Å²) in [6.07, 6.45) is 1.20. The van der Waals surface area contributed by atoms with E-state index in [-0.39, 0.29) is 16.9 Å². The summed E-state index contributed by atoms with van der Waals surface area (Å²) in [4.78, 5) is 12.5. The highest BCUT2D eigenvalue weighted by Gasteiger charge is 2.52. The summed E-state index contributed by atoms with van der Waals surface area (Å²) in [6, 6.07) is 29.4. The molecule has 0 saturated heterocycles. The summed E-state index contributed by atoms with van der Waals surface area (Å²) in [6.45, 7) is 6.87. The second-order valence-corrected chi connectivity index (χ2v) is 13.1. The minimum Gasteiger partial charge on any atom is -0.400 e. The normalized spacial score (nSPS) is 17.1. The van der Waals surface area contributed by atoms with Gasteiger partial charge in [0.1, 0.15) is 0 Å². The molecule has 1 atom stereocenters. The lowest BCUT2D eigenvalue weighted by Crippen LogP contribution is -2.67. The summed E-state index contributed by atoms with van der Waals surface area (Å²) in [5.41, 5.74) is 1.86. The molecule has 3 heteroatoms. The predicted octanol–water partition coefficient (Wildman–Crippen LogP) is 5.28. The van der Waals surface area contributed by atoms with Crippen molar-refractivity contribution >= 4 is 24.5 Å². The van der Waals surface area contributed by atoms with Crippen LogP contribution in [-0.4, -0.2) is 14.1 Å². The molecule has 0 aromatic heterocycles. The first-order chi connectivity index (χ1) is 13.9. The Morgan fingerprint density at radius 1 is 0.793 bits per heavy atom. The number of ketones is 1. The second kappa shape index (κ2) is 7.73. The van der Waals surface area contributed by atoms with E-state index in [1.807, 2.05) is 18.2 Å². The van der Waals surface area contributed by atoms with Crippen molar-refractivity contribution in [1.29, 1.82) is 0 Å². The molecule has 0 N–H and O–H groups in total. The number of carbonyl (C=O) groups excluding carboxylic acids is 1. The molecule has 0 radical (unpaired) electrons. The van der Waals surface area contributed by atoms with Gasteiger partial charge in [-0.2, -0.15) is 0 Å². The molecule has 0 spiro atoms. The van der Waals surface area contributed by atoms with Crippen molar-refractivity contribution in [2.75, 3.05) is 0 Å². The van der Waals surface area contributed by atoms with E-state index in [4.69, 9.17) is 4.43 Å². The highest BCUT2D eigenvalue weighted by atomic mass is 28.4. The number of carbonyl (C=O) groups is 1. The zero-order chi connectivity index (χ0) is 20.5. The molecular weight excluding hydrogens is 372 g/mol. The van der Waals surface area contributed by atoms with Crippen LogP contribution in [0.15, 0.2) is 84.9 Å². The SMILES string of the molecule is CC(C)(C)[Si](O[C@@H]1CCC(=O)c2ccccc21)(c1ccccc1)c1ccccc1. The van der Waals surface area contributed by atoms with Crippen molar-refractivity contribution < 1.29 is 9.22 Å². The molecule has 0 unspecified atom stereocenters. The van der Waals surface area contributed by atoms with Crippen molar-refractivity contribution in [1.82, 2.24) is 0 Å². The monoisotopic (exact) mass is 400 g/mol. The summed E-state index contributed by atoms with van der Waals surface area (Å²) in [5, 5.41) is 2.47. The van der Waals surface area contributed by atoms with Gasteiger partial charge in [0.25, 0.3) is 8.32 Å². The molecule has 0 aliphatic heterocycles. The van der Waals surface area contributed by atoms with Crippen LogP contribution in [0.4, 0.5) is 0 Å². The molecule has 3 aromatic rings. The first kappa shape index (κ1) is 19.8. The van der Waals surface area contributed by atoms with Crippen LogP contribution in [0.5, 0.6) is 0 Å². The molecule has 0 saturated carbocycles. The number of rotatable bonds is 4. The highest BCUT2D eigenvalue weighted by molar-refractivity contribution is 6.99. The van der Waals surface area contributed by atoms with Crippen LogP contribution < -0.4 is 10.4 Å². The van der Waals surface area contributed by atoms with Crippen molar-refractivity contribution in [3.8, 4) is 0 Å². The average molecular weight is 401 g/mol. The molecule has 1 aliphatic carbocycles. The van der Waals surface area contributed by atoms with Gasteiger partial charge in [0.2, 0.25) is 0 Å². The molecule has 4 rings (SSSR count). The smallest absolute Gasteiger partial charge is 0.261 e. The highest BCUT2D eigenvalue weighted by Crippen LogP contribution is 2.42. The Kier molecular flexibility index (Phi) is 5.28. The van der Waals surface area contributed by atoms with E-state index in [1.165, 1.54) is 10.4 Å². The number of fused-ring (bicyclic) bond motifs is 1. The lowest BCUT2D eigenvalue weighted by molar-refractivity contribution is 0.0912. The largest absolute Gasteiger partial charge is 0.400 e. The third kappa shape index (κ3) is 3.49. The minimum atomic E-state index is -2.64. The molecule has 0 heterocycles. The molecule has 1 aliphatic rings. The van der Waals surface area contributed by atoms with Gasteiger partial charge >= 0.3 is 0 Å². The van der Waals surface area contributed by atoms with Crippen molar-refractivity contribution in [3.63, 3.8) is 0 Å². The molecule has 0 bridgehead atoms. The summed E-state index contributed by atoms with van der Waals surface area (Å²) in [5.74, 6) is 0.225. The Morgan fingerprint density at radius 3 is 1.86 bits per heavy atom. The minimum absolute atomic E-state index is 0.0739. The fraction of sp³-hybridized carbons (Fsp3) is 0.269. The van der Waals surface area contributed by atoms with Gasteiger partial charge < -0.3 is 4.43 Å². The van der Waals surface area contributed by atoms with Gasteiger partial charge in [-0.05, 0) is 27.4 Å². The molecule has 148 valence electrons. The maximum atomic E-state index is 12.5. The average Bonchev–Trinajstić information content (AvgIpc) is 2.74. The van der Waals surface area contributed by atoms with E-state index >= 15 is 0 Å². The molecule has 29 heavy (non-hydrogen) atoms. The van der Waals surface area contributed by atoms with Gasteiger partial charge in [0.05, 0.1) is 6.10 Å². The van der Waals surface area contributed by atoms with E-state index in [1.54, 1.807) is 0 Å². The van der Waals surface area contributed by atoms with Gasteiger partial charge in [-0.15, -0.1) is 0 Å². The van der Waals surface area contributed by atoms with Gasteiger partial charge in [-0.1, -0.05) is 106 Å². The third-order valence-electron chi connectivity index (χ3n) is 5.98. The maximum absolute atomic E-state index is 12.5. The van der Waals surface area contributed by atoms with Crippen LogP contribution in [0, 0.1) is 0 Å². The first-order valence-electron chi connectivity index (χ1n) is 10.3. The summed E-state index contributed by atoms with van der Waals surface area (Å²) < 4.78 is 7.28. The van der Waals surface area contributed by atoms with Gasteiger partial charge in [-0.25, -0.2) is 0 Å². The van der Waals surface area contributed by atoms with Crippen LogP contribution in [-0.2, 0) is 4.43 Å². The topological polar surface area (TPSA) is 26.3 Å². The Balaban J connectivity index is 1.91. The standard InChI is InChI=1S/C26H28O2Si/c1-26(2,3)29(20-12-6-4-7-13-20,21-14-8-5-9-15-21)28-25-19-18-24(27)22-16-10-11-17-23(22)25/h4-17,25H,18-19H2,1-3H3/t25-/m1/s1. The molecule has 0 fully saturated rings. The molecular formula is C26H28O2Si. The zero-order valence-electron chi connectivity index (χ0n) is 17.4.